The molecule has 0 aliphatic heterocycles. The predicted octanol–water partition coefficient (Wildman–Crippen LogP) is 4.59. The van der Waals surface area contributed by atoms with Crippen molar-refractivity contribution in [1.82, 2.24) is 5.43 Å². The van der Waals surface area contributed by atoms with Crippen LogP contribution in [-0.2, 0) is 4.79 Å². The first-order chi connectivity index (χ1) is 11.5. The van der Waals surface area contributed by atoms with Gasteiger partial charge in [-0.25, -0.2) is 5.43 Å². The van der Waals surface area contributed by atoms with Gasteiger partial charge in [-0.05, 0) is 77.4 Å². The Kier molecular flexibility index (Phi) is 7.05. The molecule has 24 heavy (non-hydrogen) atoms. The number of hydrogen-bond acceptors (Lipinski definition) is 3. The SMILES string of the molecule is CCC(Nc1ccc(I)cc1C)C(=O)NN=Cc1cccc(Cl)c1. The van der Waals surface area contributed by atoms with E-state index in [2.05, 4.69) is 44.5 Å². The van der Waals surface area contributed by atoms with Gasteiger partial charge in [-0.3, -0.25) is 4.79 Å². The standard InChI is InChI=1S/C18H19ClIN3O/c1-3-16(22-17-8-7-15(20)9-12(17)2)18(24)23-21-11-13-5-4-6-14(19)10-13/h4-11,16,22H,3H2,1-2H3,(H,23,24). The Morgan fingerprint density at radius 3 is 2.79 bits per heavy atom. The van der Waals surface area contributed by atoms with Crippen molar-refractivity contribution in [3.8, 4) is 0 Å². The molecule has 126 valence electrons. The molecule has 0 aromatic heterocycles. The van der Waals surface area contributed by atoms with Gasteiger partial charge in [0.25, 0.3) is 5.91 Å². The largest absolute Gasteiger partial charge is 0.373 e. The van der Waals surface area contributed by atoms with Crippen molar-refractivity contribution in [2.45, 2.75) is 26.3 Å². The monoisotopic (exact) mass is 455 g/mol. The maximum Gasteiger partial charge on any atom is 0.262 e. The van der Waals surface area contributed by atoms with Crippen molar-refractivity contribution in [3.05, 3.63) is 62.2 Å². The van der Waals surface area contributed by atoms with Crippen LogP contribution in [0.5, 0.6) is 0 Å². The lowest BCUT2D eigenvalue weighted by Gasteiger charge is -2.18. The zero-order valence-corrected chi connectivity index (χ0v) is 16.4. The van der Waals surface area contributed by atoms with Crippen molar-refractivity contribution in [2.24, 2.45) is 5.10 Å². The first-order valence-electron chi connectivity index (χ1n) is 7.60. The molecule has 0 heterocycles. The number of benzene rings is 2. The van der Waals surface area contributed by atoms with Gasteiger partial charge in [-0.2, -0.15) is 5.10 Å². The number of amides is 1. The smallest absolute Gasteiger partial charge is 0.262 e. The molecule has 0 radical (unpaired) electrons. The van der Waals surface area contributed by atoms with Crippen molar-refractivity contribution in [3.63, 3.8) is 0 Å². The van der Waals surface area contributed by atoms with Crippen LogP contribution in [0, 0.1) is 10.5 Å². The molecule has 0 bridgehead atoms. The zero-order chi connectivity index (χ0) is 17.5. The number of hydrazone groups is 1. The molecule has 0 aliphatic carbocycles. The van der Waals surface area contributed by atoms with Gasteiger partial charge >= 0.3 is 0 Å². The normalized spacial score (nSPS) is 12.2. The molecule has 0 aliphatic rings. The highest BCUT2D eigenvalue weighted by Crippen LogP contribution is 2.19. The summed E-state index contributed by atoms with van der Waals surface area (Å²) in [4.78, 5) is 12.3. The van der Waals surface area contributed by atoms with Crippen LogP contribution in [0.25, 0.3) is 0 Å². The highest BCUT2D eigenvalue weighted by atomic mass is 127. The Morgan fingerprint density at radius 2 is 2.12 bits per heavy atom. The second-order valence-electron chi connectivity index (χ2n) is 5.35. The second-order valence-corrected chi connectivity index (χ2v) is 7.04. The first kappa shape index (κ1) is 18.7. The molecule has 2 aromatic carbocycles. The number of carbonyl (C=O) groups excluding carboxylic acids is 1. The third kappa shape index (κ3) is 5.49. The second kappa shape index (κ2) is 9.03. The minimum Gasteiger partial charge on any atom is -0.373 e. The van der Waals surface area contributed by atoms with E-state index in [1.165, 1.54) is 3.57 Å². The Bertz CT molecular complexity index is 749. The molecule has 6 heteroatoms. The van der Waals surface area contributed by atoms with Gasteiger partial charge in [0.2, 0.25) is 0 Å². The van der Waals surface area contributed by atoms with Gasteiger partial charge in [0, 0.05) is 14.3 Å². The number of nitrogens with zero attached hydrogens (tertiary/aromatic N) is 1. The number of hydrogen-bond donors (Lipinski definition) is 2. The van der Waals surface area contributed by atoms with Crippen LogP contribution in [-0.4, -0.2) is 18.2 Å². The molecule has 0 saturated heterocycles. The average Bonchev–Trinajstić information content (AvgIpc) is 2.54. The zero-order valence-electron chi connectivity index (χ0n) is 13.5. The first-order valence-corrected chi connectivity index (χ1v) is 9.06. The summed E-state index contributed by atoms with van der Waals surface area (Å²) in [6.45, 7) is 3.98. The molecule has 2 aromatic rings. The van der Waals surface area contributed by atoms with E-state index in [4.69, 9.17) is 11.6 Å². The molecule has 2 rings (SSSR count). The summed E-state index contributed by atoms with van der Waals surface area (Å²) in [7, 11) is 0. The lowest BCUT2D eigenvalue weighted by atomic mass is 10.1. The summed E-state index contributed by atoms with van der Waals surface area (Å²) in [6.07, 6.45) is 2.23. The summed E-state index contributed by atoms with van der Waals surface area (Å²) < 4.78 is 1.17. The highest BCUT2D eigenvalue weighted by molar-refractivity contribution is 14.1. The number of carbonyl (C=O) groups is 1. The van der Waals surface area contributed by atoms with E-state index in [1.807, 2.05) is 38.1 Å². The van der Waals surface area contributed by atoms with Crippen LogP contribution < -0.4 is 10.7 Å². The van der Waals surface area contributed by atoms with Crippen LogP contribution in [0.15, 0.2) is 47.6 Å². The molecular formula is C18H19ClIN3O. The van der Waals surface area contributed by atoms with Crippen molar-refractivity contribution < 1.29 is 4.79 Å². The molecular weight excluding hydrogens is 437 g/mol. The van der Waals surface area contributed by atoms with E-state index < -0.39 is 0 Å². The van der Waals surface area contributed by atoms with E-state index in [-0.39, 0.29) is 11.9 Å². The summed E-state index contributed by atoms with van der Waals surface area (Å²) in [5.41, 5.74) is 5.47. The Labute approximate surface area is 160 Å². The Hall–Kier alpha value is -1.60. The molecule has 0 spiro atoms. The summed E-state index contributed by atoms with van der Waals surface area (Å²) in [5, 5.41) is 7.91. The van der Waals surface area contributed by atoms with Crippen LogP contribution in [0.4, 0.5) is 5.69 Å². The van der Waals surface area contributed by atoms with Crippen molar-refractivity contribution in [1.29, 1.82) is 0 Å². The van der Waals surface area contributed by atoms with Gasteiger partial charge in [-0.15, -0.1) is 0 Å². The van der Waals surface area contributed by atoms with E-state index >= 15 is 0 Å². The molecule has 1 atom stereocenters. The third-order valence-electron chi connectivity index (χ3n) is 3.48. The number of halogens is 2. The van der Waals surface area contributed by atoms with E-state index in [0.717, 1.165) is 16.8 Å². The van der Waals surface area contributed by atoms with Gasteiger partial charge in [0.05, 0.1) is 6.21 Å². The molecule has 2 N–H and O–H groups in total. The Balaban J connectivity index is 1.98. The van der Waals surface area contributed by atoms with E-state index in [1.54, 1.807) is 18.3 Å². The summed E-state index contributed by atoms with van der Waals surface area (Å²) in [5.74, 6) is -0.172. The fraction of sp³-hybridized carbons (Fsp3) is 0.222. The molecule has 0 saturated carbocycles. The number of aryl methyl sites for hydroxylation is 1. The molecule has 0 fully saturated rings. The van der Waals surface area contributed by atoms with E-state index in [9.17, 15) is 4.79 Å². The summed E-state index contributed by atoms with van der Waals surface area (Å²) >= 11 is 8.18. The molecule has 1 unspecified atom stereocenters. The molecule has 4 nitrogen and oxygen atoms in total. The maximum atomic E-state index is 12.3. The topological polar surface area (TPSA) is 53.5 Å². The highest BCUT2D eigenvalue weighted by Gasteiger charge is 2.16. The van der Waals surface area contributed by atoms with Crippen LogP contribution in [0.1, 0.15) is 24.5 Å². The third-order valence-corrected chi connectivity index (χ3v) is 4.39. The van der Waals surface area contributed by atoms with Crippen molar-refractivity contribution in [2.75, 3.05) is 5.32 Å². The number of rotatable bonds is 6. The predicted molar refractivity (Wildman–Crippen MR) is 109 cm³/mol. The average molecular weight is 456 g/mol. The number of nitrogens with one attached hydrogen (secondary N) is 2. The van der Waals surface area contributed by atoms with E-state index in [0.29, 0.717) is 11.4 Å². The van der Waals surface area contributed by atoms with Crippen LogP contribution in [0.2, 0.25) is 5.02 Å². The lowest BCUT2D eigenvalue weighted by Crippen LogP contribution is -2.37. The maximum absolute atomic E-state index is 12.3. The van der Waals surface area contributed by atoms with Crippen molar-refractivity contribution >= 4 is 52.0 Å². The minimum absolute atomic E-state index is 0.172. The lowest BCUT2D eigenvalue weighted by molar-refractivity contribution is -0.121. The Morgan fingerprint density at radius 1 is 1.33 bits per heavy atom. The summed E-state index contributed by atoms with van der Waals surface area (Å²) in [6, 6.07) is 13.0. The van der Waals surface area contributed by atoms with Crippen LogP contribution in [0.3, 0.4) is 0 Å². The quantitative estimate of drug-likeness (QED) is 0.380. The van der Waals surface area contributed by atoms with Gasteiger partial charge < -0.3 is 5.32 Å². The van der Waals surface area contributed by atoms with Gasteiger partial charge in [0.1, 0.15) is 6.04 Å². The fourth-order valence-electron chi connectivity index (χ4n) is 2.16. The number of anilines is 1. The fourth-order valence-corrected chi connectivity index (χ4v) is 3.01. The molecule has 1 amide bonds. The van der Waals surface area contributed by atoms with Gasteiger partial charge in [0.15, 0.2) is 0 Å². The minimum atomic E-state index is -0.347. The van der Waals surface area contributed by atoms with Gasteiger partial charge in [-0.1, -0.05) is 30.7 Å². The van der Waals surface area contributed by atoms with Crippen LogP contribution >= 0.6 is 34.2 Å².